The van der Waals surface area contributed by atoms with Gasteiger partial charge in [-0.25, -0.2) is 0 Å². The highest BCUT2D eigenvalue weighted by atomic mass is 33.1. The first-order valence-electron chi connectivity index (χ1n) is 8.43. The van der Waals surface area contributed by atoms with E-state index in [9.17, 15) is 9.59 Å². The Hall–Kier alpha value is -0.820. The second-order valence-electron chi connectivity index (χ2n) is 6.41. The van der Waals surface area contributed by atoms with E-state index < -0.39 is 0 Å². The quantitative estimate of drug-likeness (QED) is 0.584. The zero-order valence-electron chi connectivity index (χ0n) is 13.2. The maximum absolute atomic E-state index is 12.1. The van der Waals surface area contributed by atoms with Gasteiger partial charge < -0.3 is 5.32 Å². The summed E-state index contributed by atoms with van der Waals surface area (Å²) in [6, 6.07) is 0.204. The van der Waals surface area contributed by atoms with E-state index in [1.165, 1.54) is 18.6 Å². The maximum atomic E-state index is 12.1. The van der Waals surface area contributed by atoms with Gasteiger partial charge in [0.2, 0.25) is 5.91 Å². The minimum atomic E-state index is -0.272. The summed E-state index contributed by atoms with van der Waals surface area (Å²) in [6.45, 7) is 0. The van der Waals surface area contributed by atoms with Crippen LogP contribution in [-0.2, 0) is 9.59 Å². The number of fused-ring (bicyclic) bond motifs is 1. The van der Waals surface area contributed by atoms with E-state index in [0.29, 0.717) is 6.42 Å². The Morgan fingerprint density at radius 3 is 3.04 bits per heavy atom. The van der Waals surface area contributed by atoms with Crippen molar-refractivity contribution >= 4 is 33.4 Å². The third-order valence-electron chi connectivity index (χ3n) is 4.58. The average Bonchev–Trinajstić information content (AvgIpc) is 3.04. The van der Waals surface area contributed by atoms with Gasteiger partial charge in [-0.2, -0.15) is 5.11 Å². The first-order valence-corrected chi connectivity index (χ1v) is 10.8. The number of carbonyl (C=O) groups excluding carboxylic acids is 2. The van der Waals surface area contributed by atoms with Crippen molar-refractivity contribution in [1.29, 1.82) is 0 Å². The third kappa shape index (κ3) is 5.08. The molecule has 2 amide bonds. The molecule has 23 heavy (non-hydrogen) atoms. The molecule has 1 aliphatic carbocycles. The smallest absolute Gasteiger partial charge is 0.287 e. The van der Waals surface area contributed by atoms with Crippen molar-refractivity contribution in [2.24, 2.45) is 10.2 Å². The summed E-state index contributed by atoms with van der Waals surface area (Å²) in [5.74, 6) is 1.15. The summed E-state index contributed by atoms with van der Waals surface area (Å²) < 4.78 is 0. The van der Waals surface area contributed by atoms with E-state index >= 15 is 0 Å². The molecule has 126 valence electrons. The predicted octanol–water partition coefficient (Wildman–Crippen LogP) is 3.66. The molecule has 2 aliphatic heterocycles. The van der Waals surface area contributed by atoms with Crippen molar-refractivity contribution in [1.82, 2.24) is 5.32 Å². The molecule has 3 rings (SSSR count). The fourth-order valence-corrected chi connectivity index (χ4v) is 6.34. The molecule has 7 heteroatoms. The number of amides is 2. The Morgan fingerprint density at radius 1 is 1.30 bits per heavy atom. The van der Waals surface area contributed by atoms with Gasteiger partial charge in [0.15, 0.2) is 0 Å². The topological polar surface area (TPSA) is 70.9 Å². The minimum Gasteiger partial charge on any atom is -0.353 e. The monoisotopic (exact) mass is 353 g/mol. The lowest BCUT2D eigenvalue weighted by molar-refractivity contribution is -0.122. The molecule has 5 nitrogen and oxygen atoms in total. The number of unbranched alkanes of at least 4 members (excludes halogenated alkanes) is 1. The van der Waals surface area contributed by atoms with Crippen LogP contribution in [0.3, 0.4) is 0 Å². The lowest BCUT2D eigenvalue weighted by atomic mass is 9.86. The molecule has 0 spiro atoms. The summed E-state index contributed by atoms with van der Waals surface area (Å²) in [5.41, 5.74) is 1.03. The van der Waals surface area contributed by atoms with Crippen LogP contribution >= 0.6 is 21.6 Å². The van der Waals surface area contributed by atoms with Crippen LogP contribution in [0.2, 0.25) is 0 Å². The summed E-state index contributed by atoms with van der Waals surface area (Å²) in [7, 11) is 3.98. The van der Waals surface area contributed by atoms with Crippen LogP contribution < -0.4 is 5.32 Å². The van der Waals surface area contributed by atoms with Gasteiger partial charge in [0.25, 0.3) is 5.91 Å². The van der Waals surface area contributed by atoms with Gasteiger partial charge in [-0.05, 0) is 44.1 Å². The zero-order valence-corrected chi connectivity index (χ0v) is 14.8. The van der Waals surface area contributed by atoms with Crippen molar-refractivity contribution < 1.29 is 9.59 Å². The number of azo groups is 1. The van der Waals surface area contributed by atoms with Crippen molar-refractivity contribution in [3.8, 4) is 0 Å². The van der Waals surface area contributed by atoms with E-state index in [1.807, 2.05) is 21.6 Å². The van der Waals surface area contributed by atoms with Crippen LogP contribution in [0.25, 0.3) is 0 Å². The Labute approximate surface area is 144 Å². The Morgan fingerprint density at radius 2 is 2.22 bits per heavy atom. The van der Waals surface area contributed by atoms with Crippen LogP contribution in [0.15, 0.2) is 21.9 Å². The molecule has 1 saturated heterocycles. The molecule has 0 aromatic rings. The highest BCUT2D eigenvalue weighted by molar-refractivity contribution is 8.77. The maximum Gasteiger partial charge on any atom is 0.287 e. The molecular weight excluding hydrogens is 330 g/mol. The molecule has 0 radical (unpaired) electrons. The molecule has 0 bridgehead atoms. The molecule has 2 fully saturated rings. The van der Waals surface area contributed by atoms with Crippen LogP contribution in [0.4, 0.5) is 0 Å². The van der Waals surface area contributed by atoms with Crippen molar-refractivity contribution in [2.45, 2.75) is 68.7 Å². The molecular formula is C16H23N3O2S2. The first kappa shape index (κ1) is 17.0. The SMILES string of the molecule is O=C1C=C2CC(NC(=O)CCCCC3CCSS3)CCC2N=N1. The summed E-state index contributed by atoms with van der Waals surface area (Å²) >= 11 is 0. The average molecular weight is 354 g/mol. The van der Waals surface area contributed by atoms with E-state index in [1.54, 1.807) is 6.08 Å². The van der Waals surface area contributed by atoms with E-state index in [2.05, 4.69) is 15.5 Å². The Bertz CT molecular complexity index is 515. The highest BCUT2D eigenvalue weighted by Crippen LogP contribution is 2.39. The molecule has 2 heterocycles. The summed E-state index contributed by atoms with van der Waals surface area (Å²) in [5, 5.41) is 11.6. The molecule has 3 atom stereocenters. The van der Waals surface area contributed by atoms with Crippen molar-refractivity contribution in [2.75, 3.05) is 5.75 Å². The van der Waals surface area contributed by atoms with Gasteiger partial charge in [0.1, 0.15) is 0 Å². The Balaban J connectivity index is 1.34. The Kier molecular flexibility index (Phi) is 6.16. The number of nitrogens with zero attached hydrogens (tertiary/aromatic N) is 2. The van der Waals surface area contributed by atoms with E-state index in [4.69, 9.17) is 0 Å². The lowest BCUT2D eigenvalue weighted by Crippen LogP contribution is -2.39. The van der Waals surface area contributed by atoms with Gasteiger partial charge in [0.05, 0.1) is 6.04 Å². The van der Waals surface area contributed by atoms with Crippen LogP contribution in [0, 0.1) is 0 Å². The predicted molar refractivity (Wildman–Crippen MR) is 94.4 cm³/mol. The standard InChI is InChI=1S/C16H23N3O2S2/c20-15(4-2-1-3-13-7-8-22-23-13)17-12-5-6-14-11(9-12)10-16(21)19-18-14/h10,12-14H,1-9H2,(H,17,20). The summed E-state index contributed by atoms with van der Waals surface area (Å²) in [6.07, 6.45) is 9.37. The van der Waals surface area contributed by atoms with Gasteiger partial charge in [-0.15, -0.1) is 5.11 Å². The van der Waals surface area contributed by atoms with Gasteiger partial charge >= 0.3 is 0 Å². The van der Waals surface area contributed by atoms with Crippen molar-refractivity contribution in [3.05, 3.63) is 11.6 Å². The molecule has 3 aliphatic rings. The molecule has 0 aromatic carbocycles. The van der Waals surface area contributed by atoms with E-state index in [-0.39, 0.29) is 23.9 Å². The lowest BCUT2D eigenvalue weighted by Gasteiger charge is -2.30. The number of carbonyl (C=O) groups is 2. The third-order valence-corrected chi connectivity index (χ3v) is 7.58. The second-order valence-corrected chi connectivity index (χ2v) is 9.20. The largest absolute Gasteiger partial charge is 0.353 e. The zero-order chi connectivity index (χ0) is 16.1. The van der Waals surface area contributed by atoms with E-state index in [0.717, 1.165) is 42.9 Å². The van der Waals surface area contributed by atoms with Crippen molar-refractivity contribution in [3.63, 3.8) is 0 Å². The molecule has 0 aromatic heterocycles. The van der Waals surface area contributed by atoms with Crippen LogP contribution in [0.5, 0.6) is 0 Å². The highest BCUT2D eigenvalue weighted by Gasteiger charge is 2.29. The second kappa shape index (κ2) is 8.33. The molecule has 3 unspecified atom stereocenters. The molecule has 1 N–H and O–H groups in total. The fraction of sp³-hybridized carbons (Fsp3) is 0.750. The van der Waals surface area contributed by atoms with Gasteiger partial charge in [-0.3, -0.25) is 9.59 Å². The van der Waals surface area contributed by atoms with Gasteiger partial charge in [0, 0.05) is 29.5 Å². The number of nitrogens with one attached hydrogen (secondary N) is 1. The number of hydrogen-bond donors (Lipinski definition) is 1. The summed E-state index contributed by atoms with van der Waals surface area (Å²) in [4.78, 5) is 23.4. The van der Waals surface area contributed by atoms with Gasteiger partial charge in [-0.1, -0.05) is 28.0 Å². The minimum absolute atomic E-state index is 0.0580. The molecule has 1 saturated carbocycles. The first-order chi connectivity index (χ1) is 11.2. The van der Waals surface area contributed by atoms with Crippen LogP contribution in [0.1, 0.15) is 51.4 Å². The normalized spacial score (nSPS) is 30.0. The fourth-order valence-electron chi connectivity index (χ4n) is 3.31. The number of hydrogen-bond acceptors (Lipinski definition) is 5. The number of rotatable bonds is 6. The van der Waals surface area contributed by atoms with Crippen LogP contribution in [-0.4, -0.2) is 34.9 Å².